The van der Waals surface area contributed by atoms with Crippen LogP contribution >= 0.6 is 11.3 Å². The van der Waals surface area contributed by atoms with Crippen molar-refractivity contribution in [1.82, 2.24) is 0 Å². The largest absolute Gasteiger partial charge is 0.334 e. The Kier molecular flexibility index (Phi) is 10.4. The minimum atomic E-state index is -0.130. The number of hydrogen-bond donors (Lipinski definition) is 0. The lowest BCUT2D eigenvalue weighted by Gasteiger charge is -2.50. The van der Waals surface area contributed by atoms with E-state index in [1.807, 2.05) is 11.3 Å². The second-order valence-corrected chi connectivity index (χ2v) is 26.0. The lowest BCUT2D eigenvalue weighted by atomic mass is 9.33. The van der Waals surface area contributed by atoms with E-state index in [0.29, 0.717) is 0 Å². The van der Waals surface area contributed by atoms with E-state index in [4.69, 9.17) is 0 Å². The van der Waals surface area contributed by atoms with Gasteiger partial charge in [0.2, 0.25) is 0 Å². The Labute approximate surface area is 454 Å². The van der Waals surface area contributed by atoms with Crippen LogP contribution < -0.4 is 31.1 Å². The molecule has 0 amide bonds. The third kappa shape index (κ3) is 6.93. The van der Waals surface area contributed by atoms with Gasteiger partial charge in [-0.05, 0) is 160 Å². The van der Waals surface area contributed by atoms with Gasteiger partial charge in [-0.25, -0.2) is 0 Å². The highest BCUT2D eigenvalue weighted by atomic mass is 32.1. The number of hydrogen-bond acceptors (Lipinski definition) is 4. The first-order valence-electron chi connectivity index (χ1n) is 27.7. The van der Waals surface area contributed by atoms with Crippen molar-refractivity contribution in [3.8, 4) is 22.3 Å². The van der Waals surface area contributed by atoms with Crippen molar-refractivity contribution < 1.29 is 0 Å². The van der Waals surface area contributed by atoms with E-state index < -0.39 is 0 Å². The lowest BCUT2D eigenvalue weighted by molar-refractivity contribution is 0.195. The Morgan fingerprint density at radius 3 is 1.84 bits per heavy atom. The second-order valence-electron chi connectivity index (χ2n) is 24.9. The van der Waals surface area contributed by atoms with Gasteiger partial charge in [-0.2, -0.15) is 0 Å². The van der Waals surface area contributed by atoms with Crippen LogP contribution in [0.25, 0.3) is 42.4 Å². The molecule has 0 radical (unpaired) electrons. The zero-order chi connectivity index (χ0) is 52.0. The van der Waals surface area contributed by atoms with Gasteiger partial charge in [0.15, 0.2) is 0 Å². The molecule has 9 aromatic carbocycles. The molecule has 1 aliphatic carbocycles. The average molecular weight is 1000 g/mol. The van der Waals surface area contributed by atoms with E-state index in [-0.39, 0.29) is 28.5 Å². The molecule has 1 fully saturated rings. The standard InChI is InChI=1S/C71H66BN3S/c1-45-39-63-66-64(40-45)74(61-27-20-26-53-52-25-16-17-28-65(52)76-67(53)61)60-36-31-50(69(5,6)7)43-57(60)72(66)56-33-32-51(44-62(56)73(63)58-35-30-49(68(2,3)4)42-54(58)47-23-14-11-15-24-47)75-59-34-29-48(46-21-12-10-13-22-46)41-55(59)70(8)37-18-19-38-71(70,75)9/h10-17,20-36,39-44H,18-19,37-38H2,1-9H3. The fourth-order valence-electron chi connectivity index (χ4n) is 14.2. The molecule has 1 aromatic heterocycles. The number of thiophene rings is 1. The summed E-state index contributed by atoms with van der Waals surface area (Å²) in [5.41, 5.74) is 24.2. The fourth-order valence-corrected chi connectivity index (χ4v) is 15.4. The highest BCUT2D eigenvalue weighted by molar-refractivity contribution is 7.26. The minimum absolute atomic E-state index is 0.0232. The molecular formula is C71H66BN3S. The molecule has 76 heavy (non-hydrogen) atoms. The summed E-state index contributed by atoms with van der Waals surface area (Å²) in [5, 5.41) is 2.62. The molecule has 0 saturated heterocycles. The average Bonchev–Trinajstić information content (AvgIpc) is 4.11. The van der Waals surface area contributed by atoms with Gasteiger partial charge in [0, 0.05) is 60.6 Å². The van der Waals surface area contributed by atoms with Crippen molar-refractivity contribution in [2.24, 2.45) is 0 Å². The Morgan fingerprint density at radius 1 is 0.474 bits per heavy atom. The third-order valence-corrected chi connectivity index (χ3v) is 19.6. The summed E-state index contributed by atoms with van der Waals surface area (Å²) in [7, 11) is 0. The summed E-state index contributed by atoms with van der Waals surface area (Å²) >= 11 is 1.92. The van der Waals surface area contributed by atoms with Crippen LogP contribution in [0.4, 0.5) is 45.5 Å². The molecule has 3 nitrogen and oxygen atoms in total. The third-order valence-electron chi connectivity index (χ3n) is 18.3. The summed E-state index contributed by atoms with van der Waals surface area (Å²) < 4.78 is 2.63. The van der Waals surface area contributed by atoms with Gasteiger partial charge >= 0.3 is 0 Å². The molecule has 5 heteroatoms. The molecule has 2 unspecified atom stereocenters. The van der Waals surface area contributed by atoms with E-state index in [1.54, 1.807) is 0 Å². The van der Waals surface area contributed by atoms with E-state index in [2.05, 4.69) is 265 Å². The molecule has 0 spiro atoms. The Balaban J connectivity index is 1.07. The summed E-state index contributed by atoms with van der Waals surface area (Å²) in [4.78, 5) is 8.10. The van der Waals surface area contributed by atoms with E-state index in [1.165, 1.54) is 146 Å². The highest BCUT2D eigenvalue weighted by Crippen LogP contribution is 2.62. The van der Waals surface area contributed by atoms with Crippen molar-refractivity contribution in [2.75, 3.05) is 14.7 Å². The molecule has 1 saturated carbocycles. The maximum atomic E-state index is 2.78. The normalized spacial score (nSPS) is 18.6. The lowest BCUT2D eigenvalue weighted by Crippen LogP contribution is -2.61. The van der Waals surface area contributed by atoms with Crippen LogP contribution in [0.1, 0.15) is 103 Å². The Morgan fingerprint density at radius 2 is 1.11 bits per heavy atom. The van der Waals surface area contributed by atoms with Crippen LogP contribution in [0.2, 0.25) is 0 Å². The smallest absolute Gasteiger partial charge is 0.252 e. The molecule has 4 aliphatic rings. The van der Waals surface area contributed by atoms with E-state index in [9.17, 15) is 0 Å². The van der Waals surface area contributed by atoms with Gasteiger partial charge in [0.25, 0.3) is 6.71 Å². The van der Waals surface area contributed by atoms with Gasteiger partial charge in [-0.3, -0.25) is 0 Å². The zero-order valence-electron chi connectivity index (χ0n) is 45.6. The first-order chi connectivity index (χ1) is 36.6. The summed E-state index contributed by atoms with van der Waals surface area (Å²) in [6.07, 6.45) is 4.75. The number of rotatable bonds is 5. The molecular weight excluding hydrogens is 938 g/mol. The van der Waals surface area contributed by atoms with Crippen LogP contribution in [-0.2, 0) is 16.2 Å². The molecule has 2 atom stereocenters. The monoisotopic (exact) mass is 1000 g/mol. The Bertz CT molecular complexity index is 3990. The molecule has 0 bridgehead atoms. The fraction of sp³-hybridized carbons (Fsp3) is 0.239. The number of anilines is 8. The molecule has 14 rings (SSSR count). The first kappa shape index (κ1) is 47.1. The number of benzene rings is 9. The molecule has 10 aromatic rings. The second kappa shape index (κ2) is 16.8. The Hall–Kier alpha value is -7.34. The van der Waals surface area contributed by atoms with Crippen LogP contribution in [-0.4, -0.2) is 12.3 Å². The maximum absolute atomic E-state index is 2.78. The predicted octanol–water partition coefficient (Wildman–Crippen LogP) is 18.1. The van der Waals surface area contributed by atoms with Gasteiger partial charge in [0.1, 0.15) is 0 Å². The van der Waals surface area contributed by atoms with Crippen molar-refractivity contribution in [3.63, 3.8) is 0 Å². The van der Waals surface area contributed by atoms with Crippen molar-refractivity contribution in [3.05, 3.63) is 210 Å². The topological polar surface area (TPSA) is 9.72 Å². The number of nitrogens with zero attached hydrogens (tertiary/aromatic N) is 3. The van der Waals surface area contributed by atoms with Gasteiger partial charge in [-0.1, -0.05) is 183 Å². The van der Waals surface area contributed by atoms with Crippen molar-refractivity contribution in [1.29, 1.82) is 0 Å². The van der Waals surface area contributed by atoms with Crippen LogP contribution in [0.5, 0.6) is 0 Å². The minimum Gasteiger partial charge on any atom is -0.334 e. The van der Waals surface area contributed by atoms with Crippen LogP contribution in [0.3, 0.4) is 0 Å². The maximum Gasteiger partial charge on any atom is 0.252 e. The van der Waals surface area contributed by atoms with Gasteiger partial charge < -0.3 is 14.7 Å². The first-order valence-corrected chi connectivity index (χ1v) is 28.6. The van der Waals surface area contributed by atoms with Gasteiger partial charge in [0.05, 0.1) is 21.6 Å². The molecule has 3 aliphatic heterocycles. The van der Waals surface area contributed by atoms with Crippen molar-refractivity contribution in [2.45, 2.75) is 110 Å². The number of aryl methyl sites for hydroxylation is 1. The van der Waals surface area contributed by atoms with Gasteiger partial charge in [-0.15, -0.1) is 11.3 Å². The predicted molar refractivity (Wildman–Crippen MR) is 329 cm³/mol. The van der Waals surface area contributed by atoms with E-state index in [0.717, 1.165) is 6.42 Å². The van der Waals surface area contributed by atoms with Crippen LogP contribution in [0, 0.1) is 6.92 Å². The summed E-state index contributed by atoms with van der Waals surface area (Å²) in [6.45, 7) is 21.5. The van der Waals surface area contributed by atoms with Crippen molar-refractivity contribution >= 4 is 100 Å². The highest BCUT2D eigenvalue weighted by Gasteiger charge is 2.58. The quantitative estimate of drug-likeness (QED) is 0.159. The zero-order valence-corrected chi connectivity index (χ0v) is 46.4. The summed E-state index contributed by atoms with van der Waals surface area (Å²) in [5.74, 6) is 0. The van der Waals surface area contributed by atoms with Crippen LogP contribution in [0.15, 0.2) is 188 Å². The molecule has 4 heterocycles. The number of fused-ring (bicyclic) bond motifs is 10. The summed E-state index contributed by atoms with van der Waals surface area (Å²) in [6, 6.07) is 72.7. The molecule has 0 N–H and O–H groups in total. The van der Waals surface area contributed by atoms with E-state index >= 15 is 0 Å². The SMILES string of the molecule is Cc1cc2c3c(c1)N(c1cccc4c1sc1ccccc14)c1ccc(C(C)(C)C)cc1B3c1ccc(N3c4ccc(-c5ccccc5)cc4C4(C)CCCCC34C)cc1N2c1ccc(C(C)(C)C)cc1-c1ccccc1. The molecule has 374 valence electrons.